The molecule has 0 bridgehead atoms. The number of hydrogen-bond acceptors (Lipinski definition) is 4. The Morgan fingerprint density at radius 3 is 2.90 bits per heavy atom. The van der Waals surface area contributed by atoms with Crippen LogP contribution in [0.5, 0.6) is 5.75 Å². The van der Waals surface area contributed by atoms with Crippen LogP contribution in [0.2, 0.25) is 0 Å². The first-order chi connectivity index (χ1) is 9.46. The predicted molar refractivity (Wildman–Crippen MR) is 68.6 cm³/mol. The summed E-state index contributed by atoms with van der Waals surface area (Å²) < 4.78 is 45.4. The van der Waals surface area contributed by atoms with Gasteiger partial charge in [-0.15, -0.1) is 13.2 Å². The fourth-order valence-electron chi connectivity index (χ4n) is 2.27. The van der Waals surface area contributed by atoms with Crippen LogP contribution in [-0.4, -0.2) is 44.2 Å². The molecule has 1 aromatic carbocycles. The van der Waals surface area contributed by atoms with E-state index >= 15 is 0 Å². The van der Waals surface area contributed by atoms with Crippen LogP contribution in [0.15, 0.2) is 24.3 Å². The second-order valence-electron chi connectivity index (χ2n) is 4.70. The van der Waals surface area contributed by atoms with E-state index in [0.29, 0.717) is 12.4 Å². The summed E-state index contributed by atoms with van der Waals surface area (Å²) in [5.41, 5.74) is 0.621. The lowest BCUT2D eigenvalue weighted by Crippen LogP contribution is -2.27. The van der Waals surface area contributed by atoms with Gasteiger partial charge in [-0.25, -0.2) is 0 Å². The van der Waals surface area contributed by atoms with Crippen molar-refractivity contribution < 1.29 is 22.6 Å². The monoisotopic (exact) mass is 290 g/mol. The standard InChI is InChI=1S/C13H17F3N2O2/c1-19-9-18-6-5-11(8-18)17-10-3-2-4-12(7-10)20-13(14,15)16/h2-4,7,11,17H,5-6,8-9H2,1H3. The third-order valence-electron chi connectivity index (χ3n) is 3.02. The third kappa shape index (κ3) is 4.57. The number of halogens is 3. The molecule has 1 aromatic rings. The zero-order chi connectivity index (χ0) is 14.6. The minimum absolute atomic E-state index is 0.200. The van der Waals surface area contributed by atoms with Gasteiger partial charge in [0.15, 0.2) is 0 Å². The molecule has 0 spiro atoms. The largest absolute Gasteiger partial charge is 0.573 e. The smallest absolute Gasteiger partial charge is 0.406 e. The first-order valence-electron chi connectivity index (χ1n) is 6.30. The molecule has 0 saturated carbocycles. The Bertz CT molecular complexity index is 440. The van der Waals surface area contributed by atoms with Crippen molar-refractivity contribution in [2.75, 3.05) is 32.2 Å². The molecule has 112 valence electrons. The molecule has 0 aliphatic carbocycles. The van der Waals surface area contributed by atoms with Crippen LogP contribution in [0.3, 0.4) is 0 Å². The Morgan fingerprint density at radius 2 is 2.20 bits per heavy atom. The number of anilines is 1. The van der Waals surface area contributed by atoms with Crippen LogP contribution >= 0.6 is 0 Å². The SMILES string of the molecule is COCN1CCC(Nc2cccc(OC(F)(F)F)c2)C1. The van der Waals surface area contributed by atoms with Gasteiger partial charge in [-0.05, 0) is 18.6 Å². The van der Waals surface area contributed by atoms with E-state index in [-0.39, 0.29) is 11.8 Å². The number of methoxy groups -OCH3 is 1. The quantitative estimate of drug-likeness (QED) is 0.904. The molecule has 0 amide bonds. The zero-order valence-electron chi connectivity index (χ0n) is 11.1. The first kappa shape index (κ1) is 14.9. The highest BCUT2D eigenvalue weighted by Gasteiger charge is 2.31. The van der Waals surface area contributed by atoms with Crippen molar-refractivity contribution in [1.82, 2.24) is 4.90 Å². The Kier molecular flexibility index (Phi) is 4.72. The second kappa shape index (κ2) is 6.32. The van der Waals surface area contributed by atoms with Crippen molar-refractivity contribution in [2.45, 2.75) is 18.8 Å². The highest BCUT2D eigenvalue weighted by atomic mass is 19.4. The predicted octanol–water partition coefficient (Wildman–Crippen LogP) is 2.68. The Labute approximate surface area is 115 Å². The number of likely N-dealkylation sites (tertiary alicyclic amines) is 1. The number of nitrogens with zero attached hydrogens (tertiary/aromatic N) is 1. The maximum atomic E-state index is 12.2. The first-order valence-corrected chi connectivity index (χ1v) is 6.30. The molecule has 2 rings (SSSR count). The fourth-order valence-corrected chi connectivity index (χ4v) is 2.27. The van der Waals surface area contributed by atoms with Gasteiger partial charge in [-0.2, -0.15) is 0 Å². The van der Waals surface area contributed by atoms with Crippen molar-refractivity contribution in [3.63, 3.8) is 0 Å². The van der Waals surface area contributed by atoms with Crippen LogP contribution in [0.4, 0.5) is 18.9 Å². The minimum Gasteiger partial charge on any atom is -0.406 e. The number of ether oxygens (including phenoxy) is 2. The van der Waals surface area contributed by atoms with Crippen molar-refractivity contribution in [2.24, 2.45) is 0 Å². The van der Waals surface area contributed by atoms with Crippen molar-refractivity contribution in [1.29, 1.82) is 0 Å². The van der Waals surface area contributed by atoms with Crippen LogP contribution in [0, 0.1) is 0 Å². The van der Waals surface area contributed by atoms with Crippen LogP contribution in [-0.2, 0) is 4.74 Å². The summed E-state index contributed by atoms with van der Waals surface area (Å²) in [5, 5.41) is 3.21. The van der Waals surface area contributed by atoms with Gasteiger partial charge in [0.2, 0.25) is 0 Å². The van der Waals surface area contributed by atoms with E-state index in [9.17, 15) is 13.2 Å². The third-order valence-corrected chi connectivity index (χ3v) is 3.02. The topological polar surface area (TPSA) is 33.7 Å². The van der Waals surface area contributed by atoms with Gasteiger partial charge in [0.05, 0.1) is 6.73 Å². The van der Waals surface area contributed by atoms with Gasteiger partial charge >= 0.3 is 6.36 Å². The van der Waals surface area contributed by atoms with Gasteiger partial charge in [0, 0.05) is 38.0 Å². The molecule has 1 aliphatic rings. The molecule has 4 nitrogen and oxygen atoms in total. The molecule has 0 radical (unpaired) electrons. The average Bonchev–Trinajstić information content (AvgIpc) is 2.75. The number of alkyl halides is 3. The van der Waals surface area contributed by atoms with Gasteiger partial charge in [0.25, 0.3) is 0 Å². The molecule has 1 heterocycles. The summed E-state index contributed by atoms with van der Waals surface area (Å²) in [6.45, 7) is 2.28. The number of rotatable bonds is 5. The summed E-state index contributed by atoms with van der Waals surface area (Å²) in [6.07, 6.45) is -3.74. The molecular weight excluding hydrogens is 273 g/mol. The number of benzene rings is 1. The van der Waals surface area contributed by atoms with Gasteiger partial charge < -0.3 is 14.8 Å². The molecule has 0 aromatic heterocycles. The minimum atomic E-state index is -4.67. The fraction of sp³-hybridized carbons (Fsp3) is 0.538. The number of hydrogen-bond donors (Lipinski definition) is 1. The van der Waals surface area contributed by atoms with E-state index in [1.807, 2.05) is 0 Å². The molecule has 7 heteroatoms. The second-order valence-corrected chi connectivity index (χ2v) is 4.70. The zero-order valence-corrected chi connectivity index (χ0v) is 11.1. The molecule has 1 aliphatic heterocycles. The average molecular weight is 290 g/mol. The van der Waals surface area contributed by atoms with E-state index < -0.39 is 6.36 Å². The maximum absolute atomic E-state index is 12.2. The summed E-state index contributed by atoms with van der Waals surface area (Å²) in [6, 6.07) is 6.09. The molecular formula is C13H17F3N2O2. The molecule has 1 atom stereocenters. The summed E-state index contributed by atoms with van der Waals surface area (Å²) in [5.74, 6) is -0.214. The Morgan fingerprint density at radius 1 is 1.40 bits per heavy atom. The van der Waals surface area contributed by atoms with Gasteiger partial charge in [-0.1, -0.05) is 6.07 Å². The Hall–Kier alpha value is -1.47. The maximum Gasteiger partial charge on any atom is 0.573 e. The number of nitrogens with one attached hydrogen (secondary N) is 1. The van der Waals surface area contributed by atoms with E-state index in [1.54, 1.807) is 13.2 Å². The van der Waals surface area contributed by atoms with Crippen LogP contribution < -0.4 is 10.1 Å². The van der Waals surface area contributed by atoms with Gasteiger partial charge in [0.1, 0.15) is 5.75 Å². The summed E-state index contributed by atoms with van der Waals surface area (Å²) in [4.78, 5) is 2.13. The molecule has 20 heavy (non-hydrogen) atoms. The lowest BCUT2D eigenvalue weighted by Gasteiger charge is -2.17. The van der Waals surface area contributed by atoms with Crippen LogP contribution in [0.25, 0.3) is 0 Å². The molecule has 1 unspecified atom stereocenters. The van der Waals surface area contributed by atoms with E-state index in [0.717, 1.165) is 19.5 Å². The van der Waals surface area contributed by atoms with E-state index in [4.69, 9.17) is 4.74 Å². The normalized spacial score (nSPS) is 20.1. The van der Waals surface area contributed by atoms with Gasteiger partial charge in [-0.3, -0.25) is 4.90 Å². The van der Waals surface area contributed by atoms with Crippen molar-refractivity contribution in [3.05, 3.63) is 24.3 Å². The highest BCUT2D eigenvalue weighted by Crippen LogP contribution is 2.26. The lowest BCUT2D eigenvalue weighted by atomic mass is 10.2. The van der Waals surface area contributed by atoms with E-state index in [2.05, 4.69) is 15.0 Å². The Balaban J connectivity index is 1.92. The van der Waals surface area contributed by atoms with Crippen molar-refractivity contribution >= 4 is 5.69 Å². The highest BCUT2D eigenvalue weighted by molar-refractivity contribution is 5.49. The van der Waals surface area contributed by atoms with E-state index in [1.165, 1.54) is 18.2 Å². The van der Waals surface area contributed by atoms with Crippen LogP contribution in [0.1, 0.15) is 6.42 Å². The summed E-state index contributed by atoms with van der Waals surface area (Å²) >= 11 is 0. The lowest BCUT2D eigenvalue weighted by molar-refractivity contribution is -0.274. The molecule has 1 N–H and O–H groups in total. The molecule has 1 saturated heterocycles. The molecule has 1 fully saturated rings. The van der Waals surface area contributed by atoms with Crippen molar-refractivity contribution in [3.8, 4) is 5.75 Å². The summed E-state index contributed by atoms with van der Waals surface area (Å²) in [7, 11) is 1.64.